The van der Waals surface area contributed by atoms with Gasteiger partial charge in [0.25, 0.3) is 0 Å². The summed E-state index contributed by atoms with van der Waals surface area (Å²) in [4.78, 5) is 2.15. The van der Waals surface area contributed by atoms with Gasteiger partial charge in [-0.15, -0.1) is 0 Å². The lowest BCUT2D eigenvalue weighted by Crippen LogP contribution is -2.40. The van der Waals surface area contributed by atoms with Crippen LogP contribution in [0.2, 0.25) is 0 Å². The van der Waals surface area contributed by atoms with Gasteiger partial charge in [0, 0.05) is 31.4 Å². The zero-order valence-corrected chi connectivity index (χ0v) is 11.1. The monoisotopic (exact) mass is 231 g/mol. The number of rotatable bonds is 4. The molecule has 0 amide bonds. The SMILES string of the molecule is CN(CCNC(C)(C)C)c1cccc(C#N)c1. The van der Waals surface area contributed by atoms with Crippen molar-refractivity contribution in [1.29, 1.82) is 5.26 Å². The van der Waals surface area contributed by atoms with Crippen molar-refractivity contribution in [3.8, 4) is 6.07 Å². The van der Waals surface area contributed by atoms with Gasteiger partial charge in [0.1, 0.15) is 0 Å². The van der Waals surface area contributed by atoms with Crippen molar-refractivity contribution in [1.82, 2.24) is 5.32 Å². The molecule has 0 unspecified atom stereocenters. The first kappa shape index (κ1) is 13.5. The molecule has 0 radical (unpaired) electrons. The molecule has 1 aromatic carbocycles. The van der Waals surface area contributed by atoms with Crippen LogP contribution in [0, 0.1) is 11.3 Å². The summed E-state index contributed by atoms with van der Waals surface area (Å²) in [5.41, 5.74) is 1.94. The van der Waals surface area contributed by atoms with Gasteiger partial charge in [-0.3, -0.25) is 0 Å². The second-order valence-electron chi connectivity index (χ2n) is 5.26. The fourth-order valence-electron chi connectivity index (χ4n) is 1.54. The molecule has 3 heteroatoms. The van der Waals surface area contributed by atoms with Crippen LogP contribution >= 0.6 is 0 Å². The highest BCUT2D eigenvalue weighted by Gasteiger charge is 2.08. The first-order valence-electron chi connectivity index (χ1n) is 5.89. The third-order valence-corrected chi connectivity index (χ3v) is 2.52. The highest BCUT2D eigenvalue weighted by atomic mass is 15.1. The largest absolute Gasteiger partial charge is 0.373 e. The van der Waals surface area contributed by atoms with E-state index >= 15 is 0 Å². The molecule has 92 valence electrons. The lowest BCUT2D eigenvalue weighted by Gasteiger charge is -2.24. The van der Waals surface area contributed by atoms with Gasteiger partial charge in [0.15, 0.2) is 0 Å². The molecule has 3 nitrogen and oxygen atoms in total. The van der Waals surface area contributed by atoms with Crippen molar-refractivity contribution < 1.29 is 0 Å². The van der Waals surface area contributed by atoms with E-state index in [1.807, 2.05) is 31.3 Å². The molecule has 0 aliphatic heterocycles. The maximum absolute atomic E-state index is 8.85. The number of hydrogen-bond donors (Lipinski definition) is 1. The summed E-state index contributed by atoms with van der Waals surface area (Å²) in [6, 6.07) is 9.84. The Morgan fingerprint density at radius 2 is 2.06 bits per heavy atom. The van der Waals surface area contributed by atoms with Gasteiger partial charge < -0.3 is 10.2 Å². The topological polar surface area (TPSA) is 39.1 Å². The van der Waals surface area contributed by atoms with Crippen LogP contribution in [0.25, 0.3) is 0 Å². The molecule has 0 saturated heterocycles. The van der Waals surface area contributed by atoms with Crippen molar-refractivity contribution in [3.05, 3.63) is 29.8 Å². The molecule has 0 spiro atoms. The van der Waals surface area contributed by atoms with Gasteiger partial charge in [-0.2, -0.15) is 5.26 Å². The van der Waals surface area contributed by atoms with Crippen LogP contribution in [-0.4, -0.2) is 25.7 Å². The Morgan fingerprint density at radius 1 is 1.35 bits per heavy atom. The van der Waals surface area contributed by atoms with Crippen LogP contribution in [-0.2, 0) is 0 Å². The van der Waals surface area contributed by atoms with Gasteiger partial charge in [-0.05, 0) is 39.0 Å². The molecule has 1 N–H and O–H groups in total. The Morgan fingerprint density at radius 3 is 2.65 bits per heavy atom. The van der Waals surface area contributed by atoms with Crippen LogP contribution in [0.5, 0.6) is 0 Å². The molecule has 0 atom stereocenters. The van der Waals surface area contributed by atoms with E-state index in [2.05, 4.69) is 37.1 Å². The average Bonchev–Trinajstić information content (AvgIpc) is 2.27. The second-order valence-corrected chi connectivity index (χ2v) is 5.26. The quantitative estimate of drug-likeness (QED) is 0.864. The van der Waals surface area contributed by atoms with Crippen LogP contribution in [0.1, 0.15) is 26.3 Å². The number of anilines is 1. The van der Waals surface area contributed by atoms with Gasteiger partial charge in [-0.25, -0.2) is 0 Å². The third kappa shape index (κ3) is 4.88. The van der Waals surface area contributed by atoms with Crippen LogP contribution in [0.3, 0.4) is 0 Å². The minimum absolute atomic E-state index is 0.148. The van der Waals surface area contributed by atoms with Crippen LogP contribution in [0.15, 0.2) is 24.3 Å². The van der Waals surface area contributed by atoms with E-state index in [4.69, 9.17) is 5.26 Å². The van der Waals surface area contributed by atoms with E-state index in [0.29, 0.717) is 5.56 Å². The third-order valence-electron chi connectivity index (χ3n) is 2.52. The molecule has 0 saturated carbocycles. The lowest BCUT2D eigenvalue weighted by atomic mass is 10.1. The summed E-state index contributed by atoms with van der Waals surface area (Å²) < 4.78 is 0. The molecule has 0 aliphatic carbocycles. The van der Waals surface area contributed by atoms with E-state index in [1.165, 1.54) is 0 Å². The highest BCUT2D eigenvalue weighted by Crippen LogP contribution is 2.13. The molecule has 1 rings (SSSR count). The lowest BCUT2D eigenvalue weighted by molar-refractivity contribution is 0.431. The number of likely N-dealkylation sites (N-methyl/N-ethyl adjacent to an activating group) is 1. The molecule has 17 heavy (non-hydrogen) atoms. The van der Waals surface area contributed by atoms with Crippen molar-refractivity contribution in [2.24, 2.45) is 0 Å². The van der Waals surface area contributed by atoms with Crippen molar-refractivity contribution >= 4 is 5.69 Å². The summed E-state index contributed by atoms with van der Waals surface area (Å²) in [6.45, 7) is 8.32. The van der Waals surface area contributed by atoms with Gasteiger partial charge in [-0.1, -0.05) is 6.07 Å². The average molecular weight is 231 g/mol. The normalized spacial score (nSPS) is 11.0. The predicted molar refractivity (Wildman–Crippen MR) is 72.2 cm³/mol. The maximum Gasteiger partial charge on any atom is 0.0992 e. The minimum Gasteiger partial charge on any atom is -0.373 e. The molecule has 0 bridgehead atoms. The molecule has 0 aromatic heterocycles. The Hall–Kier alpha value is -1.53. The predicted octanol–water partition coefficient (Wildman–Crippen LogP) is 2.38. The fraction of sp³-hybridized carbons (Fsp3) is 0.500. The summed E-state index contributed by atoms with van der Waals surface area (Å²) in [5, 5.41) is 12.3. The number of nitriles is 1. The summed E-state index contributed by atoms with van der Waals surface area (Å²) in [5.74, 6) is 0. The molecular weight excluding hydrogens is 210 g/mol. The first-order valence-corrected chi connectivity index (χ1v) is 5.89. The highest BCUT2D eigenvalue weighted by molar-refractivity contribution is 5.50. The molecule has 0 heterocycles. The standard InChI is InChI=1S/C14H21N3/c1-14(2,3)16-8-9-17(4)13-7-5-6-12(10-13)11-15/h5-7,10,16H,8-9H2,1-4H3. The van der Waals surface area contributed by atoms with Crippen LogP contribution < -0.4 is 10.2 Å². The number of benzene rings is 1. The Labute approximate surface area is 104 Å². The maximum atomic E-state index is 8.85. The van der Waals surface area contributed by atoms with Crippen molar-refractivity contribution in [3.63, 3.8) is 0 Å². The molecular formula is C14H21N3. The Balaban J connectivity index is 2.52. The van der Waals surface area contributed by atoms with E-state index in [-0.39, 0.29) is 5.54 Å². The van der Waals surface area contributed by atoms with Crippen LogP contribution in [0.4, 0.5) is 5.69 Å². The number of nitrogens with one attached hydrogen (secondary N) is 1. The molecule has 1 aromatic rings. The van der Waals surface area contributed by atoms with E-state index in [9.17, 15) is 0 Å². The van der Waals surface area contributed by atoms with Gasteiger partial charge >= 0.3 is 0 Å². The number of nitrogens with zero attached hydrogens (tertiary/aromatic N) is 2. The summed E-state index contributed by atoms with van der Waals surface area (Å²) in [6.07, 6.45) is 0. The van der Waals surface area contributed by atoms with E-state index in [0.717, 1.165) is 18.8 Å². The van der Waals surface area contributed by atoms with Crippen molar-refractivity contribution in [2.75, 3.05) is 25.0 Å². The summed E-state index contributed by atoms with van der Waals surface area (Å²) >= 11 is 0. The Kier molecular flexibility index (Phi) is 4.53. The zero-order chi connectivity index (χ0) is 12.9. The van der Waals surface area contributed by atoms with Gasteiger partial charge in [0.05, 0.1) is 11.6 Å². The van der Waals surface area contributed by atoms with Crippen molar-refractivity contribution in [2.45, 2.75) is 26.3 Å². The first-order chi connectivity index (χ1) is 7.92. The fourth-order valence-corrected chi connectivity index (χ4v) is 1.54. The van der Waals surface area contributed by atoms with E-state index < -0.39 is 0 Å². The number of hydrogen-bond acceptors (Lipinski definition) is 3. The van der Waals surface area contributed by atoms with E-state index in [1.54, 1.807) is 0 Å². The summed E-state index contributed by atoms with van der Waals surface area (Å²) in [7, 11) is 2.04. The molecule has 0 aliphatic rings. The molecule has 0 fully saturated rings. The second kappa shape index (κ2) is 5.70. The minimum atomic E-state index is 0.148. The smallest absolute Gasteiger partial charge is 0.0992 e. The Bertz CT molecular complexity index is 399. The zero-order valence-electron chi connectivity index (χ0n) is 11.1. The van der Waals surface area contributed by atoms with Gasteiger partial charge in [0.2, 0.25) is 0 Å².